The molecular weight excluding hydrogens is 396 g/mol. The van der Waals surface area contributed by atoms with Crippen molar-refractivity contribution in [1.29, 1.82) is 0 Å². The lowest BCUT2D eigenvalue weighted by atomic mass is 10.0. The fourth-order valence-electron chi connectivity index (χ4n) is 4.24. The van der Waals surface area contributed by atoms with Crippen LogP contribution >= 0.6 is 0 Å². The van der Waals surface area contributed by atoms with E-state index < -0.39 is 0 Å². The van der Waals surface area contributed by atoms with Crippen LogP contribution in [0.1, 0.15) is 168 Å². The zero-order valence-corrected chi connectivity index (χ0v) is 21.9. The normalized spacial score (nSPS) is 11.1. The summed E-state index contributed by atoms with van der Waals surface area (Å²) in [6.07, 6.45) is 28.7. The Kier molecular flexibility index (Phi) is 25.7. The van der Waals surface area contributed by atoms with E-state index >= 15 is 0 Å². The molecule has 0 aromatic rings. The number of ketones is 1. The van der Waals surface area contributed by atoms with Gasteiger partial charge in [-0.05, 0) is 12.8 Å². The van der Waals surface area contributed by atoms with Gasteiger partial charge in [-0.25, -0.2) is 0 Å². The zero-order chi connectivity index (χ0) is 23.5. The first kappa shape index (κ1) is 31.1. The quantitative estimate of drug-likeness (QED) is 0.0745. The molecule has 0 saturated heterocycles. The van der Waals surface area contributed by atoms with Gasteiger partial charge in [0.05, 0.1) is 6.61 Å². The number of ether oxygens (including phenoxy) is 1. The summed E-state index contributed by atoms with van der Waals surface area (Å²) < 4.78 is 5.24. The first-order valence-corrected chi connectivity index (χ1v) is 14.4. The van der Waals surface area contributed by atoms with E-state index in [1.54, 1.807) is 0 Å². The summed E-state index contributed by atoms with van der Waals surface area (Å²) >= 11 is 0. The number of hydrogen-bond donors (Lipinski definition) is 0. The van der Waals surface area contributed by atoms with Gasteiger partial charge in [0, 0.05) is 6.42 Å². The van der Waals surface area contributed by atoms with E-state index in [0.717, 1.165) is 25.7 Å². The molecule has 0 atom stereocenters. The fourth-order valence-corrected chi connectivity index (χ4v) is 4.24. The monoisotopic (exact) mass is 452 g/mol. The number of carbonyl (C=O) groups is 2. The van der Waals surface area contributed by atoms with Crippen LogP contribution in [0.25, 0.3) is 0 Å². The van der Waals surface area contributed by atoms with Crippen LogP contribution in [-0.4, -0.2) is 18.4 Å². The first-order chi connectivity index (χ1) is 15.7. The summed E-state index contributed by atoms with van der Waals surface area (Å²) in [4.78, 5) is 23.7. The third kappa shape index (κ3) is 25.4. The van der Waals surface area contributed by atoms with Gasteiger partial charge < -0.3 is 4.74 Å². The van der Waals surface area contributed by atoms with Gasteiger partial charge in [0.15, 0.2) is 0 Å². The summed E-state index contributed by atoms with van der Waals surface area (Å²) in [6.45, 7) is 4.98. The second kappa shape index (κ2) is 26.4. The lowest BCUT2D eigenvalue weighted by Gasteiger charge is -2.05. The molecule has 32 heavy (non-hydrogen) atoms. The Morgan fingerprint density at radius 1 is 0.469 bits per heavy atom. The predicted molar refractivity (Wildman–Crippen MR) is 138 cm³/mol. The van der Waals surface area contributed by atoms with E-state index in [0.29, 0.717) is 13.0 Å². The van der Waals surface area contributed by atoms with E-state index in [4.69, 9.17) is 4.74 Å². The molecule has 0 unspecified atom stereocenters. The van der Waals surface area contributed by atoms with Crippen LogP contribution in [0.5, 0.6) is 0 Å². The van der Waals surface area contributed by atoms with Gasteiger partial charge in [-0.1, -0.05) is 142 Å². The van der Waals surface area contributed by atoms with Crippen LogP contribution in [0.4, 0.5) is 0 Å². The molecule has 0 radical (unpaired) electrons. The Hall–Kier alpha value is -0.860. The average Bonchev–Trinajstić information content (AvgIpc) is 2.78. The summed E-state index contributed by atoms with van der Waals surface area (Å²) in [5.74, 6) is -0.286. The van der Waals surface area contributed by atoms with Crippen molar-refractivity contribution in [2.45, 2.75) is 168 Å². The summed E-state index contributed by atoms with van der Waals surface area (Å²) in [5.41, 5.74) is 0. The van der Waals surface area contributed by atoms with Crippen LogP contribution in [0.15, 0.2) is 0 Å². The van der Waals surface area contributed by atoms with Crippen LogP contribution in [0.2, 0.25) is 0 Å². The minimum atomic E-state index is -0.329. The molecule has 0 spiro atoms. The van der Waals surface area contributed by atoms with Gasteiger partial charge >= 0.3 is 5.97 Å². The molecule has 3 nitrogen and oxygen atoms in total. The molecular formula is C29H56O3. The minimum absolute atomic E-state index is 0.0326. The molecule has 0 amide bonds. The third-order valence-corrected chi connectivity index (χ3v) is 6.41. The number of carbonyl (C=O) groups excluding carboxylic acids is 2. The highest BCUT2D eigenvalue weighted by Crippen LogP contribution is 2.13. The highest BCUT2D eigenvalue weighted by atomic mass is 16.5. The van der Waals surface area contributed by atoms with E-state index in [1.165, 1.54) is 116 Å². The SMILES string of the molecule is CCCCCCCCCCCCCCCCOC(=O)CC(=O)CCCCCCCCCC. The van der Waals surface area contributed by atoms with E-state index in [2.05, 4.69) is 13.8 Å². The Labute approximate surface area is 200 Å². The molecule has 0 aromatic heterocycles. The average molecular weight is 453 g/mol. The predicted octanol–water partition coefficient (Wildman–Crippen LogP) is 9.50. The molecule has 3 heteroatoms. The Morgan fingerprint density at radius 3 is 1.22 bits per heavy atom. The molecule has 0 aliphatic heterocycles. The van der Waals surface area contributed by atoms with Crippen molar-refractivity contribution >= 4 is 11.8 Å². The number of Topliss-reactive ketones (excluding diaryl/α,β-unsaturated/α-hetero) is 1. The van der Waals surface area contributed by atoms with Crippen LogP contribution in [0.3, 0.4) is 0 Å². The van der Waals surface area contributed by atoms with Crippen LogP contribution in [0, 0.1) is 0 Å². The highest BCUT2D eigenvalue weighted by molar-refractivity contribution is 5.95. The van der Waals surface area contributed by atoms with Crippen molar-refractivity contribution in [3.63, 3.8) is 0 Å². The Balaban J connectivity index is 3.28. The van der Waals surface area contributed by atoms with Gasteiger partial charge in [0.25, 0.3) is 0 Å². The topological polar surface area (TPSA) is 43.4 Å². The Morgan fingerprint density at radius 2 is 0.812 bits per heavy atom. The van der Waals surface area contributed by atoms with Crippen molar-refractivity contribution in [2.75, 3.05) is 6.61 Å². The number of unbranched alkanes of at least 4 members (excludes halogenated alkanes) is 20. The molecule has 190 valence electrons. The molecule has 0 fully saturated rings. The van der Waals surface area contributed by atoms with E-state index in [9.17, 15) is 9.59 Å². The maximum Gasteiger partial charge on any atom is 0.313 e. The standard InChI is InChI=1S/C29H56O3/c1-3-5-7-9-11-13-14-15-16-17-18-20-22-24-26-32-29(31)27-28(30)25-23-21-19-12-10-8-6-4-2/h3-27H2,1-2H3. The first-order valence-electron chi connectivity index (χ1n) is 14.4. The molecule has 0 N–H and O–H groups in total. The summed E-state index contributed by atoms with van der Waals surface area (Å²) in [7, 11) is 0. The molecule has 0 saturated carbocycles. The second-order valence-corrected chi connectivity index (χ2v) is 9.76. The largest absolute Gasteiger partial charge is 0.465 e. The van der Waals surface area contributed by atoms with Crippen molar-refractivity contribution in [2.24, 2.45) is 0 Å². The molecule has 0 aromatic carbocycles. The zero-order valence-electron chi connectivity index (χ0n) is 21.9. The molecule has 0 heterocycles. The van der Waals surface area contributed by atoms with Crippen LogP contribution in [-0.2, 0) is 14.3 Å². The van der Waals surface area contributed by atoms with Gasteiger partial charge in [-0.3, -0.25) is 9.59 Å². The van der Waals surface area contributed by atoms with Gasteiger partial charge in [0.1, 0.15) is 12.2 Å². The lowest BCUT2D eigenvalue weighted by molar-refractivity contribution is -0.146. The third-order valence-electron chi connectivity index (χ3n) is 6.41. The number of hydrogen-bond acceptors (Lipinski definition) is 3. The summed E-state index contributed by atoms with van der Waals surface area (Å²) in [5, 5.41) is 0. The number of rotatable bonds is 26. The van der Waals surface area contributed by atoms with Gasteiger partial charge in [-0.15, -0.1) is 0 Å². The van der Waals surface area contributed by atoms with Crippen molar-refractivity contribution in [1.82, 2.24) is 0 Å². The summed E-state index contributed by atoms with van der Waals surface area (Å²) in [6, 6.07) is 0. The molecule has 0 rings (SSSR count). The van der Waals surface area contributed by atoms with Crippen LogP contribution < -0.4 is 0 Å². The molecule has 0 bridgehead atoms. The second-order valence-electron chi connectivity index (χ2n) is 9.76. The Bertz CT molecular complexity index is 405. The lowest BCUT2D eigenvalue weighted by Crippen LogP contribution is -2.12. The van der Waals surface area contributed by atoms with Gasteiger partial charge in [0.2, 0.25) is 0 Å². The fraction of sp³-hybridized carbons (Fsp3) is 0.931. The minimum Gasteiger partial charge on any atom is -0.465 e. The number of esters is 1. The van der Waals surface area contributed by atoms with Crippen molar-refractivity contribution in [3.8, 4) is 0 Å². The van der Waals surface area contributed by atoms with E-state index in [-0.39, 0.29) is 18.2 Å². The van der Waals surface area contributed by atoms with Crippen molar-refractivity contribution in [3.05, 3.63) is 0 Å². The molecule has 0 aliphatic rings. The maximum absolute atomic E-state index is 11.9. The smallest absolute Gasteiger partial charge is 0.313 e. The molecule has 0 aliphatic carbocycles. The van der Waals surface area contributed by atoms with Crippen molar-refractivity contribution < 1.29 is 14.3 Å². The van der Waals surface area contributed by atoms with Gasteiger partial charge in [-0.2, -0.15) is 0 Å². The van der Waals surface area contributed by atoms with E-state index in [1.807, 2.05) is 0 Å². The maximum atomic E-state index is 11.9. The highest BCUT2D eigenvalue weighted by Gasteiger charge is 2.10.